The van der Waals surface area contributed by atoms with E-state index in [-0.39, 0.29) is 11.7 Å². The van der Waals surface area contributed by atoms with Crippen LogP contribution in [0, 0.1) is 12.5 Å². The van der Waals surface area contributed by atoms with E-state index in [1.807, 2.05) is 18.2 Å². The van der Waals surface area contributed by atoms with Crippen LogP contribution in [0.25, 0.3) is 0 Å². The van der Waals surface area contributed by atoms with Crippen molar-refractivity contribution in [2.45, 2.75) is 4.90 Å². The van der Waals surface area contributed by atoms with E-state index >= 15 is 0 Å². The predicted molar refractivity (Wildman–Crippen MR) is 141 cm³/mol. The lowest BCUT2D eigenvalue weighted by Gasteiger charge is -2.34. The lowest BCUT2D eigenvalue weighted by Crippen LogP contribution is -2.44. The maximum absolute atomic E-state index is 12.1. The number of halogens is 1. The second-order valence-electron chi connectivity index (χ2n) is 8.14. The van der Waals surface area contributed by atoms with Gasteiger partial charge in [0.2, 0.25) is 11.9 Å². The SMILES string of the molecule is C#CN1C(=O)CSc2ccc(Nc3nc(Nc4ccc(N5CCN(C)CC5)cc4)ncc3Cl)nc21. The number of rotatable bonds is 5. The standard InChI is InChI=1S/C24H23ClN8OS/c1-3-33-21(34)15-35-19-8-9-20(29-23(19)33)28-22-18(25)14-26-24(30-22)27-16-4-6-17(7-5-16)32-12-10-31(2)11-13-32/h1,4-9,14H,10-13,15H2,2H3,(H2,26,27,28,29,30). The van der Waals surface area contributed by atoms with Crippen LogP contribution in [0.1, 0.15) is 0 Å². The molecule has 35 heavy (non-hydrogen) atoms. The van der Waals surface area contributed by atoms with E-state index in [1.54, 1.807) is 6.07 Å². The zero-order valence-electron chi connectivity index (χ0n) is 19.0. The smallest absolute Gasteiger partial charge is 0.250 e. The first kappa shape index (κ1) is 23.2. The normalized spacial score (nSPS) is 16.0. The molecular weight excluding hydrogens is 484 g/mol. The molecule has 9 nitrogen and oxygen atoms in total. The molecule has 2 N–H and O–H groups in total. The van der Waals surface area contributed by atoms with E-state index in [9.17, 15) is 4.79 Å². The minimum Gasteiger partial charge on any atom is -0.369 e. The Morgan fingerprint density at radius 1 is 1.06 bits per heavy atom. The molecule has 2 aliphatic heterocycles. The Bertz CT molecular complexity index is 1290. The van der Waals surface area contributed by atoms with Gasteiger partial charge < -0.3 is 20.4 Å². The number of aromatic nitrogens is 3. The number of thioether (sulfide) groups is 1. The lowest BCUT2D eigenvalue weighted by molar-refractivity contribution is -0.115. The van der Waals surface area contributed by atoms with Crippen molar-refractivity contribution in [1.82, 2.24) is 19.9 Å². The van der Waals surface area contributed by atoms with Gasteiger partial charge in [0.05, 0.1) is 16.8 Å². The summed E-state index contributed by atoms with van der Waals surface area (Å²) in [6.07, 6.45) is 7.03. The van der Waals surface area contributed by atoms with Crippen LogP contribution in [0.15, 0.2) is 47.5 Å². The van der Waals surface area contributed by atoms with Crippen molar-refractivity contribution < 1.29 is 4.79 Å². The summed E-state index contributed by atoms with van der Waals surface area (Å²) in [4.78, 5) is 32.2. The molecule has 1 amide bonds. The van der Waals surface area contributed by atoms with Crippen molar-refractivity contribution in [3.63, 3.8) is 0 Å². The zero-order valence-corrected chi connectivity index (χ0v) is 20.6. The summed E-state index contributed by atoms with van der Waals surface area (Å²) >= 11 is 7.74. The van der Waals surface area contributed by atoms with Gasteiger partial charge in [0.15, 0.2) is 11.6 Å². The highest BCUT2D eigenvalue weighted by molar-refractivity contribution is 8.00. The number of carbonyl (C=O) groups excluding carboxylic acids is 1. The summed E-state index contributed by atoms with van der Waals surface area (Å²) < 4.78 is 0. The van der Waals surface area contributed by atoms with Crippen LogP contribution >= 0.6 is 23.4 Å². The molecule has 4 heterocycles. The van der Waals surface area contributed by atoms with Crippen molar-refractivity contribution >= 4 is 64.0 Å². The fourth-order valence-electron chi connectivity index (χ4n) is 3.82. The summed E-state index contributed by atoms with van der Waals surface area (Å²) in [6.45, 7) is 4.15. The lowest BCUT2D eigenvalue weighted by atomic mass is 10.2. The summed E-state index contributed by atoms with van der Waals surface area (Å²) in [5.74, 6) is 1.75. The maximum atomic E-state index is 12.1. The molecule has 0 aliphatic carbocycles. The first-order chi connectivity index (χ1) is 17.0. The highest BCUT2D eigenvalue weighted by atomic mass is 35.5. The molecular formula is C24H23ClN8OS. The molecule has 0 saturated carbocycles. The van der Waals surface area contributed by atoms with Crippen molar-refractivity contribution in [1.29, 1.82) is 0 Å². The van der Waals surface area contributed by atoms with Gasteiger partial charge in [-0.1, -0.05) is 18.0 Å². The van der Waals surface area contributed by atoms with Crippen LogP contribution in [0.4, 0.5) is 34.8 Å². The number of amides is 1. The molecule has 0 bridgehead atoms. The molecule has 1 fully saturated rings. The van der Waals surface area contributed by atoms with Gasteiger partial charge in [0.25, 0.3) is 0 Å². The Kier molecular flexibility index (Phi) is 6.63. The van der Waals surface area contributed by atoms with Gasteiger partial charge in [-0.3, -0.25) is 4.79 Å². The van der Waals surface area contributed by atoms with E-state index in [0.29, 0.717) is 28.4 Å². The van der Waals surface area contributed by atoms with Crippen LogP contribution in [-0.4, -0.2) is 64.7 Å². The van der Waals surface area contributed by atoms with Crippen LogP contribution in [0.5, 0.6) is 0 Å². The maximum Gasteiger partial charge on any atom is 0.250 e. The minimum atomic E-state index is -0.181. The third-order valence-corrected chi connectivity index (χ3v) is 7.06. The number of anilines is 6. The van der Waals surface area contributed by atoms with Gasteiger partial charge in [-0.15, -0.1) is 11.8 Å². The van der Waals surface area contributed by atoms with Crippen LogP contribution in [0.3, 0.4) is 0 Å². The van der Waals surface area contributed by atoms with E-state index in [0.717, 1.165) is 36.8 Å². The molecule has 5 rings (SSSR count). The molecule has 178 valence electrons. The van der Waals surface area contributed by atoms with Crippen molar-refractivity contribution in [3.05, 3.63) is 47.6 Å². The average Bonchev–Trinajstić information content (AvgIpc) is 2.87. The summed E-state index contributed by atoms with van der Waals surface area (Å²) in [5, 5.41) is 6.65. The van der Waals surface area contributed by atoms with Crippen molar-refractivity contribution in [2.24, 2.45) is 0 Å². The van der Waals surface area contributed by atoms with Gasteiger partial charge in [-0.05, 0) is 43.4 Å². The van der Waals surface area contributed by atoms with E-state index in [4.69, 9.17) is 18.0 Å². The molecule has 0 spiro atoms. The molecule has 1 aromatic carbocycles. The first-order valence-electron chi connectivity index (χ1n) is 11.0. The molecule has 2 aromatic heterocycles. The summed E-state index contributed by atoms with van der Waals surface area (Å²) in [6, 6.07) is 14.2. The Labute approximate surface area is 212 Å². The number of carbonyl (C=O) groups is 1. The fraction of sp³-hybridized carbons (Fsp3) is 0.250. The Hall–Kier alpha value is -3.52. The van der Waals surface area contributed by atoms with Gasteiger partial charge >= 0.3 is 0 Å². The Morgan fingerprint density at radius 3 is 2.57 bits per heavy atom. The minimum absolute atomic E-state index is 0.181. The van der Waals surface area contributed by atoms with Crippen LogP contribution in [0.2, 0.25) is 5.02 Å². The molecule has 11 heteroatoms. The number of piperazine rings is 1. The van der Waals surface area contributed by atoms with Crippen molar-refractivity contribution in [2.75, 3.05) is 59.4 Å². The fourth-order valence-corrected chi connectivity index (χ4v) is 4.80. The Morgan fingerprint density at radius 2 is 1.83 bits per heavy atom. The predicted octanol–water partition coefficient (Wildman–Crippen LogP) is 3.79. The summed E-state index contributed by atoms with van der Waals surface area (Å²) in [5.41, 5.74) is 2.06. The highest BCUT2D eigenvalue weighted by Gasteiger charge is 2.25. The Balaban J connectivity index is 1.30. The number of likely N-dealkylation sites (N-methyl/N-ethyl adjacent to an activating group) is 1. The quantitative estimate of drug-likeness (QED) is 0.501. The molecule has 0 atom stereocenters. The van der Waals surface area contributed by atoms with E-state index < -0.39 is 0 Å². The van der Waals surface area contributed by atoms with Gasteiger partial charge in [-0.25, -0.2) is 14.9 Å². The van der Waals surface area contributed by atoms with E-state index in [1.165, 1.54) is 28.5 Å². The number of nitrogens with one attached hydrogen (secondary N) is 2. The third-order valence-electron chi connectivity index (χ3n) is 5.76. The molecule has 0 radical (unpaired) electrons. The molecule has 0 unspecified atom stereocenters. The monoisotopic (exact) mass is 506 g/mol. The van der Waals surface area contributed by atoms with Gasteiger partial charge in [0.1, 0.15) is 10.8 Å². The number of hydrogen-bond donors (Lipinski definition) is 2. The number of hydrogen-bond acceptors (Lipinski definition) is 9. The number of benzene rings is 1. The number of terminal acetylenes is 1. The molecule has 2 aliphatic rings. The third kappa shape index (κ3) is 5.12. The topological polar surface area (TPSA) is 89.5 Å². The number of fused-ring (bicyclic) bond motifs is 1. The first-order valence-corrected chi connectivity index (χ1v) is 12.4. The second-order valence-corrected chi connectivity index (χ2v) is 9.57. The average molecular weight is 507 g/mol. The number of pyridine rings is 1. The van der Waals surface area contributed by atoms with Gasteiger partial charge in [0, 0.05) is 43.6 Å². The number of nitrogens with zero attached hydrogens (tertiary/aromatic N) is 6. The van der Waals surface area contributed by atoms with Gasteiger partial charge in [-0.2, -0.15) is 4.98 Å². The molecule has 3 aromatic rings. The van der Waals surface area contributed by atoms with E-state index in [2.05, 4.69) is 60.6 Å². The highest BCUT2D eigenvalue weighted by Crippen LogP contribution is 2.35. The van der Waals surface area contributed by atoms with Crippen LogP contribution in [-0.2, 0) is 4.79 Å². The van der Waals surface area contributed by atoms with Crippen LogP contribution < -0.4 is 20.4 Å². The molecule has 1 saturated heterocycles. The largest absolute Gasteiger partial charge is 0.369 e. The second kappa shape index (κ2) is 10.00. The zero-order chi connectivity index (χ0) is 24.4. The van der Waals surface area contributed by atoms with Crippen molar-refractivity contribution in [3.8, 4) is 12.5 Å². The summed E-state index contributed by atoms with van der Waals surface area (Å²) in [7, 11) is 2.15.